The van der Waals surface area contributed by atoms with Crippen molar-refractivity contribution in [3.8, 4) is 17.0 Å². The Kier molecular flexibility index (Phi) is 4.56. The minimum atomic E-state index is -0.0717. The average molecular weight is 376 g/mol. The normalized spacial score (nSPS) is 18.6. The van der Waals surface area contributed by atoms with E-state index in [-0.39, 0.29) is 17.9 Å². The number of ether oxygens (including phenoxy) is 1. The van der Waals surface area contributed by atoms with Crippen molar-refractivity contribution in [1.82, 2.24) is 15.3 Å². The van der Waals surface area contributed by atoms with Crippen LogP contribution in [0.25, 0.3) is 11.3 Å². The first-order valence-electron chi connectivity index (χ1n) is 8.28. The van der Waals surface area contributed by atoms with Gasteiger partial charge in [0, 0.05) is 29.7 Å². The lowest BCUT2D eigenvalue weighted by Crippen LogP contribution is -2.35. The molecule has 1 aliphatic carbocycles. The number of nitrogens with zero attached hydrogens (tertiary/aromatic N) is 2. The molecule has 1 amide bonds. The third kappa shape index (κ3) is 3.60. The van der Waals surface area contributed by atoms with Crippen molar-refractivity contribution in [2.75, 3.05) is 12.8 Å². The molecule has 1 aromatic heterocycles. The Morgan fingerprint density at radius 3 is 3.04 bits per heavy atom. The van der Waals surface area contributed by atoms with Crippen LogP contribution in [0.4, 0.5) is 0 Å². The van der Waals surface area contributed by atoms with Crippen molar-refractivity contribution in [2.24, 2.45) is 5.92 Å². The number of hydrogen-bond acceptors (Lipinski definition) is 5. The number of amides is 1. The molecule has 0 spiro atoms. The van der Waals surface area contributed by atoms with E-state index >= 15 is 0 Å². The Morgan fingerprint density at radius 2 is 2.28 bits per heavy atom. The zero-order chi connectivity index (χ0) is 17.4. The molecule has 1 aromatic carbocycles. The minimum absolute atomic E-state index is 0.0717. The van der Waals surface area contributed by atoms with Crippen molar-refractivity contribution in [3.63, 3.8) is 0 Å². The first kappa shape index (κ1) is 16.7. The zero-order valence-electron chi connectivity index (χ0n) is 13.8. The molecule has 1 fully saturated rings. The lowest BCUT2D eigenvalue weighted by Gasteiger charge is -2.12. The summed E-state index contributed by atoms with van der Waals surface area (Å²) in [6.07, 6.45) is 6.37. The summed E-state index contributed by atoms with van der Waals surface area (Å²) in [5.74, 6) is 1.06. The SMILES string of the molecule is CSc1nccc(-c2cc(Cl)c3c(c2)CC(CNC(=O)C2CC2)O3)n1. The molecule has 1 saturated carbocycles. The van der Waals surface area contributed by atoms with Crippen LogP contribution >= 0.6 is 23.4 Å². The molecular weight excluding hydrogens is 358 g/mol. The maximum absolute atomic E-state index is 11.8. The Bertz CT molecular complexity index is 826. The van der Waals surface area contributed by atoms with Crippen LogP contribution in [0.5, 0.6) is 5.75 Å². The zero-order valence-corrected chi connectivity index (χ0v) is 15.4. The Morgan fingerprint density at radius 1 is 1.44 bits per heavy atom. The molecule has 0 saturated heterocycles. The number of fused-ring (bicyclic) bond motifs is 1. The summed E-state index contributed by atoms with van der Waals surface area (Å²) in [6.45, 7) is 0.514. The smallest absolute Gasteiger partial charge is 0.223 e. The monoisotopic (exact) mass is 375 g/mol. The van der Waals surface area contributed by atoms with Gasteiger partial charge >= 0.3 is 0 Å². The lowest BCUT2D eigenvalue weighted by atomic mass is 10.0. The number of carbonyl (C=O) groups excluding carboxylic acids is 1. The van der Waals surface area contributed by atoms with E-state index < -0.39 is 0 Å². The molecule has 1 unspecified atom stereocenters. The van der Waals surface area contributed by atoms with Crippen LogP contribution in [0.2, 0.25) is 5.02 Å². The molecule has 1 atom stereocenters. The number of rotatable bonds is 5. The molecular formula is C18H18ClN3O2S. The Hall–Kier alpha value is -1.79. The Labute approximate surface area is 155 Å². The van der Waals surface area contributed by atoms with Gasteiger partial charge in [-0.1, -0.05) is 23.4 Å². The second-order valence-electron chi connectivity index (χ2n) is 6.34. The van der Waals surface area contributed by atoms with Crippen LogP contribution in [0, 0.1) is 5.92 Å². The van der Waals surface area contributed by atoms with Crippen LogP contribution in [-0.2, 0) is 11.2 Å². The summed E-state index contributed by atoms with van der Waals surface area (Å²) in [6, 6.07) is 5.81. The van der Waals surface area contributed by atoms with E-state index in [9.17, 15) is 4.79 Å². The van der Waals surface area contributed by atoms with Crippen LogP contribution < -0.4 is 10.1 Å². The van der Waals surface area contributed by atoms with Gasteiger partial charge in [0.15, 0.2) is 5.16 Å². The summed E-state index contributed by atoms with van der Waals surface area (Å²) in [7, 11) is 0. The van der Waals surface area contributed by atoms with Crippen LogP contribution in [-0.4, -0.2) is 34.8 Å². The van der Waals surface area contributed by atoms with E-state index in [4.69, 9.17) is 16.3 Å². The van der Waals surface area contributed by atoms with Gasteiger partial charge in [0.25, 0.3) is 0 Å². The summed E-state index contributed by atoms with van der Waals surface area (Å²) in [5, 5.41) is 4.28. The van der Waals surface area contributed by atoms with E-state index in [2.05, 4.69) is 21.4 Å². The molecule has 25 heavy (non-hydrogen) atoms. The lowest BCUT2D eigenvalue weighted by molar-refractivity contribution is -0.122. The summed E-state index contributed by atoms with van der Waals surface area (Å²) in [5.41, 5.74) is 2.85. The van der Waals surface area contributed by atoms with Gasteiger partial charge in [-0.05, 0) is 37.3 Å². The highest BCUT2D eigenvalue weighted by atomic mass is 35.5. The number of aromatic nitrogens is 2. The number of benzene rings is 1. The molecule has 2 aliphatic rings. The predicted molar refractivity (Wildman–Crippen MR) is 98.1 cm³/mol. The first-order chi connectivity index (χ1) is 12.1. The van der Waals surface area contributed by atoms with Gasteiger partial charge in [0.05, 0.1) is 17.3 Å². The van der Waals surface area contributed by atoms with Gasteiger partial charge in [-0.25, -0.2) is 9.97 Å². The highest BCUT2D eigenvalue weighted by molar-refractivity contribution is 7.98. The number of thioether (sulfide) groups is 1. The second kappa shape index (κ2) is 6.84. The quantitative estimate of drug-likeness (QED) is 0.641. The van der Waals surface area contributed by atoms with E-state index in [0.29, 0.717) is 11.6 Å². The maximum atomic E-state index is 11.8. The fourth-order valence-electron chi connectivity index (χ4n) is 2.95. The van der Waals surface area contributed by atoms with Crippen molar-refractivity contribution < 1.29 is 9.53 Å². The van der Waals surface area contributed by atoms with Crippen molar-refractivity contribution in [3.05, 3.63) is 35.0 Å². The van der Waals surface area contributed by atoms with Crippen LogP contribution in [0.1, 0.15) is 18.4 Å². The largest absolute Gasteiger partial charge is 0.486 e. The number of nitrogens with one attached hydrogen (secondary N) is 1. The fraction of sp³-hybridized carbons (Fsp3) is 0.389. The van der Waals surface area contributed by atoms with Gasteiger partial charge in [0.2, 0.25) is 5.91 Å². The fourth-order valence-corrected chi connectivity index (χ4v) is 3.59. The summed E-state index contributed by atoms with van der Waals surface area (Å²) < 4.78 is 5.94. The topological polar surface area (TPSA) is 64.1 Å². The molecule has 0 radical (unpaired) electrons. The predicted octanol–water partition coefficient (Wildman–Crippen LogP) is 3.35. The number of hydrogen-bond donors (Lipinski definition) is 1. The summed E-state index contributed by atoms with van der Waals surface area (Å²) in [4.78, 5) is 20.5. The molecule has 7 heteroatoms. The number of carbonyl (C=O) groups is 1. The third-order valence-corrected chi connectivity index (χ3v) is 5.26. The molecule has 5 nitrogen and oxygen atoms in total. The molecule has 4 rings (SSSR count). The highest BCUT2D eigenvalue weighted by Gasteiger charge is 2.31. The minimum Gasteiger partial charge on any atom is -0.486 e. The second-order valence-corrected chi connectivity index (χ2v) is 7.52. The van der Waals surface area contributed by atoms with E-state index in [0.717, 1.165) is 47.0 Å². The summed E-state index contributed by atoms with van der Waals surface area (Å²) >= 11 is 7.93. The van der Waals surface area contributed by atoms with Gasteiger partial charge in [-0.2, -0.15) is 0 Å². The van der Waals surface area contributed by atoms with Gasteiger partial charge in [-0.15, -0.1) is 0 Å². The molecule has 2 heterocycles. The number of halogens is 1. The Balaban J connectivity index is 1.51. The van der Waals surface area contributed by atoms with Gasteiger partial charge in [-0.3, -0.25) is 4.79 Å². The molecule has 130 valence electrons. The maximum Gasteiger partial charge on any atom is 0.223 e. The van der Waals surface area contributed by atoms with Crippen molar-refractivity contribution in [1.29, 1.82) is 0 Å². The van der Waals surface area contributed by atoms with Gasteiger partial charge < -0.3 is 10.1 Å². The molecule has 1 aliphatic heterocycles. The molecule has 0 bridgehead atoms. The van der Waals surface area contributed by atoms with E-state index in [1.54, 1.807) is 6.20 Å². The van der Waals surface area contributed by atoms with E-state index in [1.807, 2.05) is 18.4 Å². The van der Waals surface area contributed by atoms with Crippen molar-refractivity contribution >= 4 is 29.3 Å². The standard InChI is InChI=1S/C18H18ClN3O2S/c1-25-18-20-5-4-15(22-18)11-6-12-7-13(24-16(12)14(19)8-11)9-21-17(23)10-2-3-10/h4-6,8,10,13H,2-3,7,9H2,1H3,(H,21,23). The highest BCUT2D eigenvalue weighted by Crippen LogP contribution is 2.39. The average Bonchev–Trinajstić information content (AvgIpc) is 3.39. The van der Waals surface area contributed by atoms with Crippen LogP contribution in [0.3, 0.4) is 0 Å². The van der Waals surface area contributed by atoms with Crippen LogP contribution in [0.15, 0.2) is 29.6 Å². The third-order valence-electron chi connectivity index (χ3n) is 4.42. The van der Waals surface area contributed by atoms with E-state index in [1.165, 1.54) is 11.8 Å². The van der Waals surface area contributed by atoms with Gasteiger partial charge in [0.1, 0.15) is 11.9 Å². The first-order valence-corrected chi connectivity index (χ1v) is 9.88. The molecule has 1 N–H and O–H groups in total. The molecule has 2 aromatic rings. The van der Waals surface area contributed by atoms with Crippen molar-refractivity contribution in [2.45, 2.75) is 30.5 Å².